The van der Waals surface area contributed by atoms with Gasteiger partial charge in [0, 0.05) is 9.79 Å². The summed E-state index contributed by atoms with van der Waals surface area (Å²) in [7, 11) is -7.39. The van der Waals surface area contributed by atoms with E-state index in [0.29, 0.717) is 10.6 Å². The molecule has 0 aliphatic heterocycles. The number of benzene rings is 2. The van der Waals surface area contributed by atoms with Gasteiger partial charge in [0.2, 0.25) is 20.0 Å². The Morgan fingerprint density at radius 3 is 2.17 bits per heavy atom. The van der Waals surface area contributed by atoms with E-state index < -0.39 is 20.0 Å². The maximum Gasteiger partial charge on any atom is 0.238 e. The van der Waals surface area contributed by atoms with Gasteiger partial charge in [-0.15, -0.1) is 0 Å². The molecule has 0 aliphatic carbocycles. The second kappa shape index (κ2) is 6.75. The van der Waals surface area contributed by atoms with Crippen molar-refractivity contribution in [2.45, 2.75) is 28.5 Å². The van der Waals surface area contributed by atoms with Crippen LogP contribution in [0.5, 0.6) is 0 Å². The Kier molecular flexibility index (Phi) is 5.28. The first-order valence-electron chi connectivity index (χ1n) is 6.85. The van der Waals surface area contributed by atoms with Gasteiger partial charge in [0.25, 0.3) is 0 Å². The monoisotopic (exact) mass is 386 g/mol. The molecule has 0 spiro atoms. The standard InChI is InChI=1S/C15H18N2O4S3/c1-10-4-7-14(11(2)8-10)22-15-9-12(24(16,20)21)5-6-13(15)17-23(3,18)19/h4-9,17H,1-3H3,(H2,16,20,21). The zero-order valence-electron chi connectivity index (χ0n) is 13.4. The van der Waals surface area contributed by atoms with Crippen LogP contribution in [-0.4, -0.2) is 23.1 Å². The Labute approximate surface area is 146 Å². The molecule has 0 aromatic heterocycles. The lowest BCUT2D eigenvalue weighted by atomic mass is 10.2. The number of rotatable bonds is 5. The van der Waals surface area contributed by atoms with Crippen molar-refractivity contribution in [1.82, 2.24) is 0 Å². The largest absolute Gasteiger partial charge is 0.283 e. The van der Waals surface area contributed by atoms with Crippen LogP contribution in [0.1, 0.15) is 11.1 Å². The van der Waals surface area contributed by atoms with Crippen LogP contribution in [0, 0.1) is 13.8 Å². The summed E-state index contributed by atoms with van der Waals surface area (Å²) in [5.41, 5.74) is 2.41. The van der Waals surface area contributed by atoms with Gasteiger partial charge >= 0.3 is 0 Å². The van der Waals surface area contributed by atoms with Crippen molar-refractivity contribution in [3.05, 3.63) is 47.5 Å². The minimum Gasteiger partial charge on any atom is -0.283 e. The van der Waals surface area contributed by atoms with E-state index in [1.165, 1.54) is 30.0 Å². The molecule has 0 atom stereocenters. The van der Waals surface area contributed by atoms with Crippen molar-refractivity contribution in [2.75, 3.05) is 11.0 Å². The lowest BCUT2D eigenvalue weighted by Crippen LogP contribution is -2.14. The zero-order valence-corrected chi connectivity index (χ0v) is 15.8. The van der Waals surface area contributed by atoms with Gasteiger partial charge in [-0.2, -0.15) is 0 Å². The highest BCUT2D eigenvalue weighted by molar-refractivity contribution is 7.99. The molecule has 0 saturated carbocycles. The molecule has 0 bridgehead atoms. The van der Waals surface area contributed by atoms with Crippen molar-refractivity contribution in [2.24, 2.45) is 5.14 Å². The highest BCUT2D eigenvalue weighted by Crippen LogP contribution is 2.37. The summed E-state index contributed by atoms with van der Waals surface area (Å²) in [5, 5.41) is 5.17. The van der Waals surface area contributed by atoms with Gasteiger partial charge in [-0.05, 0) is 43.7 Å². The average molecular weight is 387 g/mol. The minimum atomic E-state index is -3.89. The van der Waals surface area contributed by atoms with Gasteiger partial charge < -0.3 is 0 Å². The van der Waals surface area contributed by atoms with Crippen LogP contribution >= 0.6 is 11.8 Å². The summed E-state index contributed by atoms with van der Waals surface area (Å²) in [6.45, 7) is 3.90. The zero-order chi connectivity index (χ0) is 18.1. The van der Waals surface area contributed by atoms with Crippen LogP contribution in [0.4, 0.5) is 5.69 Å². The summed E-state index contributed by atoms with van der Waals surface area (Å²) in [4.78, 5) is 1.27. The molecule has 2 aromatic carbocycles. The topological polar surface area (TPSA) is 106 Å². The Bertz CT molecular complexity index is 984. The van der Waals surface area contributed by atoms with E-state index in [1.807, 2.05) is 32.0 Å². The Hall–Kier alpha value is -1.55. The van der Waals surface area contributed by atoms with E-state index in [4.69, 9.17) is 5.14 Å². The highest BCUT2D eigenvalue weighted by Gasteiger charge is 2.15. The predicted molar refractivity (Wildman–Crippen MR) is 96.3 cm³/mol. The van der Waals surface area contributed by atoms with Gasteiger partial charge in [-0.1, -0.05) is 29.5 Å². The molecule has 0 radical (unpaired) electrons. The molecule has 0 amide bonds. The van der Waals surface area contributed by atoms with E-state index in [2.05, 4.69) is 4.72 Å². The predicted octanol–water partition coefficient (Wildman–Crippen LogP) is 2.47. The fraction of sp³-hybridized carbons (Fsp3) is 0.200. The van der Waals surface area contributed by atoms with Crippen molar-refractivity contribution in [3.8, 4) is 0 Å². The third-order valence-electron chi connectivity index (χ3n) is 3.13. The van der Waals surface area contributed by atoms with E-state index >= 15 is 0 Å². The molecule has 0 unspecified atom stereocenters. The van der Waals surface area contributed by atoms with Crippen LogP contribution in [-0.2, 0) is 20.0 Å². The van der Waals surface area contributed by atoms with Gasteiger partial charge in [0.1, 0.15) is 0 Å². The van der Waals surface area contributed by atoms with Crippen LogP contribution in [0.15, 0.2) is 51.1 Å². The molecule has 0 saturated heterocycles. The molecule has 6 nitrogen and oxygen atoms in total. The van der Waals surface area contributed by atoms with Gasteiger partial charge in [-0.3, -0.25) is 4.72 Å². The van der Waals surface area contributed by atoms with Crippen LogP contribution in [0.3, 0.4) is 0 Å². The van der Waals surface area contributed by atoms with Crippen molar-refractivity contribution < 1.29 is 16.8 Å². The number of primary sulfonamides is 1. The molecule has 0 aliphatic rings. The number of sulfonamides is 2. The van der Waals surface area contributed by atoms with Gasteiger partial charge in [0.05, 0.1) is 16.8 Å². The molecule has 130 valence electrons. The molecule has 24 heavy (non-hydrogen) atoms. The molecular weight excluding hydrogens is 368 g/mol. The summed E-state index contributed by atoms with van der Waals surface area (Å²) in [6, 6.07) is 9.87. The first-order chi connectivity index (χ1) is 11.0. The fourth-order valence-corrected chi connectivity index (χ4v) is 4.34. The number of nitrogens with two attached hydrogens (primary N) is 1. The summed E-state index contributed by atoms with van der Waals surface area (Å²) >= 11 is 1.27. The van der Waals surface area contributed by atoms with Crippen molar-refractivity contribution >= 4 is 37.5 Å². The maximum atomic E-state index is 11.6. The second-order valence-corrected chi connectivity index (χ2v) is 9.84. The number of nitrogens with one attached hydrogen (secondary N) is 1. The van der Waals surface area contributed by atoms with Gasteiger partial charge in [-0.25, -0.2) is 22.0 Å². The van der Waals surface area contributed by atoms with Gasteiger partial charge in [0.15, 0.2) is 0 Å². The third kappa shape index (κ3) is 4.97. The third-order valence-corrected chi connectivity index (χ3v) is 5.86. The first kappa shape index (κ1) is 18.8. The number of aryl methyl sites for hydroxylation is 2. The van der Waals surface area contributed by atoms with E-state index in [0.717, 1.165) is 22.3 Å². The number of anilines is 1. The molecule has 9 heteroatoms. The molecule has 2 rings (SSSR count). The van der Waals surface area contributed by atoms with Crippen LogP contribution in [0.25, 0.3) is 0 Å². The summed E-state index contributed by atoms with van der Waals surface area (Å²) in [5.74, 6) is 0. The lowest BCUT2D eigenvalue weighted by molar-refractivity contribution is 0.597. The SMILES string of the molecule is Cc1ccc(Sc2cc(S(N)(=O)=O)ccc2NS(C)(=O)=O)c(C)c1. The highest BCUT2D eigenvalue weighted by atomic mass is 32.2. The smallest absolute Gasteiger partial charge is 0.238 e. The quantitative estimate of drug-likeness (QED) is 0.821. The summed E-state index contributed by atoms with van der Waals surface area (Å²) in [6.07, 6.45) is 1.03. The Balaban J connectivity index is 2.54. The normalized spacial score (nSPS) is 12.2. The fourth-order valence-electron chi connectivity index (χ4n) is 2.08. The van der Waals surface area contributed by atoms with Crippen molar-refractivity contribution in [3.63, 3.8) is 0 Å². The van der Waals surface area contributed by atoms with E-state index in [9.17, 15) is 16.8 Å². The number of hydrogen-bond acceptors (Lipinski definition) is 5. The maximum absolute atomic E-state index is 11.6. The molecule has 2 aromatic rings. The van der Waals surface area contributed by atoms with Crippen molar-refractivity contribution in [1.29, 1.82) is 0 Å². The second-order valence-electron chi connectivity index (χ2n) is 5.45. The van der Waals surface area contributed by atoms with E-state index in [1.54, 1.807) is 0 Å². The van der Waals surface area contributed by atoms with Crippen LogP contribution in [0.2, 0.25) is 0 Å². The first-order valence-corrected chi connectivity index (χ1v) is 11.1. The summed E-state index contributed by atoms with van der Waals surface area (Å²) < 4.78 is 48.6. The Morgan fingerprint density at radius 1 is 0.958 bits per heavy atom. The molecule has 0 heterocycles. The average Bonchev–Trinajstić information content (AvgIpc) is 2.40. The van der Waals surface area contributed by atoms with Crippen LogP contribution < -0.4 is 9.86 Å². The molecule has 3 N–H and O–H groups in total. The Morgan fingerprint density at radius 2 is 1.62 bits per heavy atom. The molecular formula is C15H18N2O4S3. The van der Waals surface area contributed by atoms with E-state index in [-0.39, 0.29) is 4.90 Å². The number of hydrogen-bond donors (Lipinski definition) is 2. The lowest BCUT2D eigenvalue weighted by Gasteiger charge is -2.13. The minimum absolute atomic E-state index is 0.0752. The molecule has 0 fully saturated rings.